The highest BCUT2D eigenvalue weighted by atomic mass is 15.1. The van der Waals surface area contributed by atoms with Crippen LogP contribution in [-0.4, -0.2) is 15.0 Å². The van der Waals surface area contributed by atoms with E-state index in [1.807, 2.05) is 85.1 Å². The maximum Gasteiger partial charge on any atom is 0.229 e. The summed E-state index contributed by atoms with van der Waals surface area (Å²) in [4.78, 5) is 13.6. The lowest BCUT2D eigenvalue weighted by atomic mass is 10.2. The SMILES string of the molecule is c1ccc(Nc2ncc(CNc3ccc4ncccc4c3)c(Nc3ccccc3)n2)cc1. The summed E-state index contributed by atoms with van der Waals surface area (Å²) in [5, 5.41) is 11.3. The van der Waals surface area contributed by atoms with Crippen molar-refractivity contribution < 1.29 is 0 Å². The first-order valence-electron chi connectivity index (χ1n) is 10.4. The molecule has 2 aromatic heterocycles. The molecule has 32 heavy (non-hydrogen) atoms. The highest BCUT2D eigenvalue weighted by Crippen LogP contribution is 2.23. The third-order valence-electron chi connectivity index (χ3n) is 5.02. The van der Waals surface area contributed by atoms with Crippen LogP contribution in [-0.2, 0) is 6.54 Å². The predicted octanol–water partition coefficient (Wildman–Crippen LogP) is 6.12. The summed E-state index contributed by atoms with van der Waals surface area (Å²) in [6, 6.07) is 30.1. The molecule has 0 atom stereocenters. The molecule has 3 N–H and O–H groups in total. The van der Waals surface area contributed by atoms with Crippen LogP contribution in [0.25, 0.3) is 10.9 Å². The Morgan fingerprint density at radius 1 is 0.656 bits per heavy atom. The number of para-hydroxylation sites is 2. The fourth-order valence-corrected chi connectivity index (χ4v) is 3.40. The van der Waals surface area contributed by atoms with E-state index < -0.39 is 0 Å². The van der Waals surface area contributed by atoms with E-state index >= 15 is 0 Å². The molecule has 5 aromatic rings. The van der Waals surface area contributed by atoms with Gasteiger partial charge in [0.1, 0.15) is 5.82 Å². The maximum absolute atomic E-state index is 4.74. The van der Waals surface area contributed by atoms with Gasteiger partial charge in [0.25, 0.3) is 0 Å². The molecule has 0 amide bonds. The second-order valence-electron chi connectivity index (χ2n) is 7.31. The number of aromatic nitrogens is 3. The monoisotopic (exact) mass is 418 g/mol. The number of hydrogen-bond acceptors (Lipinski definition) is 6. The number of rotatable bonds is 7. The Hall–Kier alpha value is -4.45. The number of pyridine rings is 1. The van der Waals surface area contributed by atoms with Gasteiger partial charge in [-0.1, -0.05) is 42.5 Å². The molecule has 0 fully saturated rings. The summed E-state index contributed by atoms with van der Waals surface area (Å²) >= 11 is 0. The molecule has 0 aliphatic rings. The van der Waals surface area contributed by atoms with Crippen molar-refractivity contribution in [2.75, 3.05) is 16.0 Å². The van der Waals surface area contributed by atoms with E-state index in [9.17, 15) is 0 Å². The van der Waals surface area contributed by atoms with E-state index in [0.29, 0.717) is 12.5 Å². The lowest BCUT2D eigenvalue weighted by Crippen LogP contribution is -2.08. The Labute approximate surface area is 186 Å². The Kier molecular flexibility index (Phi) is 5.57. The molecule has 3 aromatic carbocycles. The second kappa shape index (κ2) is 9.14. The summed E-state index contributed by atoms with van der Waals surface area (Å²) in [5.74, 6) is 1.29. The van der Waals surface area contributed by atoms with Gasteiger partial charge in [0.2, 0.25) is 5.95 Å². The van der Waals surface area contributed by atoms with Crippen molar-refractivity contribution in [1.29, 1.82) is 0 Å². The van der Waals surface area contributed by atoms with Gasteiger partial charge < -0.3 is 16.0 Å². The molecule has 2 heterocycles. The van der Waals surface area contributed by atoms with Crippen LogP contribution in [0.1, 0.15) is 5.56 Å². The van der Waals surface area contributed by atoms with Gasteiger partial charge in [-0.25, -0.2) is 4.98 Å². The van der Waals surface area contributed by atoms with Crippen molar-refractivity contribution in [3.05, 3.63) is 109 Å². The molecule has 156 valence electrons. The van der Waals surface area contributed by atoms with Gasteiger partial charge in [-0.05, 0) is 48.5 Å². The average molecular weight is 419 g/mol. The van der Waals surface area contributed by atoms with Gasteiger partial charge >= 0.3 is 0 Å². The zero-order chi connectivity index (χ0) is 21.6. The molecule has 5 rings (SSSR count). The van der Waals surface area contributed by atoms with Crippen LogP contribution in [0.3, 0.4) is 0 Å². The van der Waals surface area contributed by atoms with Crippen molar-refractivity contribution in [2.24, 2.45) is 0 Å². The number of hydrogen-bond donors (Lipinski definition) is 3. The Bertz CT molecular complexity index is 1320. The molecule has 0 aliphatic heterocycles. The van der Waals surface area contributed by atoms with Gasteiger partial charge in [0.05, 0.1) is 5.52 Å². The fraction of sp³-hybridized carbons (Fsp3) is 0.0385. The second-order valence-corrected chi connectivity index (χ2v) is 7.31. The first kappa shape index (κ1) is 19.5. The molecule has 0 aliphatic carbocycles. The van der Waals surface area contributed by atoms with E-state index in [2.05, 4.69) is 38.1 Å². The van der Waals surface area contributed by atoms with Crippen LogP contribution in [0.2, 0.25) is 0 Å². The molecule has 6 nitrogen and oxygen atoms in total. The number of nitrogens with zero attached hydrogens (tertiary/aromatic N) is 3. The number of anilines is 5. The van der Waals surface area contributed by atoms with Gasteiger partial charge in [-0.3, -0.25) is 4.98 Å². The largest absolute Gasteiger partial charge is 0.381 e. The minimum Gasteiger partial charge on any atom is -0.381 e. The van der Waals surface area contributed by atoms with E-state index in [1.54, 1.807) is 6.20 Å². The van der Waals surface area contributed by atoms with Crippen molar-refractivity contribution in [2.45, 2.75) is 6.54 Å². The first-order valence-corrected chi connectivity index (χ1v) is 10.4. The normalized spacial score (nSPS) is 10.6. The molecule has 0 spiro atoms. The molecule has 0 radical (unpaired) electrons. The fourth-order valence-electron chi connectivity index (χ4n) is 3.40. The van der Waals surface area contributed by atoms with Gasteiger partial charge in [-0.15, -0.1) is 0 Å². The van der Waals surface area contributed by atoms with E-state index in [-0.39, 0.29) is 0 Å². The van der Waals surface area contributed by atoms with Crippen molar-refractivity contribution in [1.82, 2.24) is 15.0 Å². The Balaban J connectivity index is 1.40. The van der Waals surface area contributed by atoms with Crippen LogP contribution >= 0.6 is 0 Å². The topological polar surface area (TPSA) is 74.8 Å². The van der Waals surface area contributed by atoms with E-state index in [4.69, 9.17) is 4.98 Å². The Morgan fingerprint density at radius 2 is 1.41 bits per heavy atom. The molecule has 0 saturated heterocycles. The molecule has 6 heteroatoms. The lowest BCUT2D eigenvalue weighted by Gasteiger charge is -2.14. The summed E-state index contributed by atoms with van der Waals surface area (Å²) in [5.41, 5.74) is 4.86. The number of fused-ring (bicyclic) bond motifs is 1. The van der Waals surface area contributed by atoms with E-state index in [0.717, 1.165) is 39.3 Å². The van der Waals surface area contributed by atoms with Gasteiger partial charge in [-0.2, -0.15) is 4.98 Å². The maximum atomic E-state index is 4.74. The van der Waals surface area contributed by atoms with Crippen LogP contribution in [0.4, 0.5) is 28.8 Å². The molecular weight excluding hydrogens is 396 g/mol. The summed E-state index contributed by atoms with van der Waals surface area (Å²) < 4.78 is 0. The van der Waals surface area contributed by atoms with Gasteiger partial charge in [0.15, 0.2) is 0 Å². The quantitative estimate of drug-likeness (QED) is 0.295. The molecule has 0 saturated carbocycles. The van der Waals surface area contributed by atoms with Crippen molar-refractivity contribution in [3.63, 3.8) is 0 Å². The molecule has 0 unspecified atom stereocenters. The third-order valence-corrected chi connectivity index (χ3v) is 5.02. The van der Waals surface area contributed by atoms with Crippen molar-refractivity contribution in [3.8, 4) is 0 Å². The van der Waals surface area contributed by atoms with Crippen LogP contribution < -0.4 is 16.0 Å². The summed E-state index contributed by atoms with van der Waals surface area (Å²) in [7, 11) is 0. The number of benzene rings is 3. The Morgan fingerprint density at radius 3 is 2.19 bits per heavy atom. The van der Waals surface area contributed by atoms with E-state index in [1.165, 1.54) is 0 Å². The van der Waals surface area contributed by atoms with Crippen molar-refractivity contribution >= 4 is 39.7 Å². The first-order chi connectivity index (χ1) is 15.8. The molecular formula is C26H22N6. The predicted molar refractivity (Wildman–Crippen MR) is 131 cm³/mol. The minimum absolute atomic E-state index is 0.537. The standard InChI is InChI=1S/C26H22N6/c1-3-9-21(10-4-1)30-25-20(18-29-26(32-25)31-22-11-5-2-6-12-22)17-28-23-13-14-24-19(16-23)8-7-15-27-24/h1-16,18,28H,17H2,(H2,29,30,31,32). The lowest BCUT2D eigenvalue weighted by molar-refractivity contribution is 1.06. The zero-order valence-corrected chi connectivity index (χ0v) is 17.4. The summed E-state index contributed by atoms with van der Waals surface area (Å²) in [6.07, 6.45) is 3.65. The summed E-state index contributed by atoms with van der Waals surface area (Å²) in [6.45, 7) is 0.576. The third kappa shape index (κ3) is 4.65. The zero-order valence-electron chi connectivity index (χ0n) is 17.4. The highest BCUT2D eigenvalue weighted by molar-refractivity contribution is 5.82. The average Bonchev–Trinajstić information content (AvgIpc) is 2.85. The highest BCUT2D eigenvalue weighted by Gasteiger charge is 2.09. The van der Waals surface area contributed by atoms with Crippen LogP contribution in [0.15, 0.2) is 103 Å². The van der Waals surface area contributed by atoms with Crippen LogP contribution in [0, 0.1) is 0 Å². The van der Waals surface area contributed by atoms with Gasteiger partial charge in [0, 0.05) is 47.0 Å². The van der Waals surface area contributed by atoms with Crippen LogP contribution in [0.5, 0.6) is 0 Å². The minimum atomic E-state index is 0.537. The molecule has 0 bridgehead atoms. The number of nitrogens with one attached hydrogen (secondary N) is 3. The smallest absolute Gasteiger partial charge is 0.229 e.